The second-order valence-corrected chi connectivity index (χ2v) is 5.49. The van der Waals surface area contributed by atoms with Gasteiger partial charge in [0.2, 0.25) is 0 Å². The molecule has 0 amide bonds. The Kier molecular flexibility index (Phi) is 4.58. The number of hydrogen-bond acceptors (Lipinski definition) is 2. The topological polar surface area (TPSA) is 21.3 Å². The minimum absolute atomic E-state index is 0.169. The van der Waals surface area contributed by atoms with E-state index in [1.54, 1.807) is 12.1 Å². The first kappa shape index (κ1) is 15.2. The number of rotatable bonds is 6. The van der Waals surface area contributed by atoms with Gasteiger partial charge >= 0.3 is 6.36 Å². The number of ether oxygens (including phenoxy) is 1. The van der Waals surface area contributed by atoms with Crippen LogP contribution < -0.4 is 10.1 Å². The fourth-order valence-corrected chi connectivity index (χ4v) is 2.58. The molecule has 0 aliphatic heterocycles. The average molecular weight is 287 g/mol. The predicted molar refractivity (Wildman–Crippen MR) is 71.6 cm³/mol. The van der Waals surface area contributed by atoms with Crippen molar-refractivity contribution in [2.45, 2.75) is 38.6 Å². The lowest BCUT2D eigenvalue weighted by Gasteiger charge is -2.23. The fourth-order valence-electron chi connectivity index (χ4n) is 2.58. The van der Waals surface area contributed by atoms with E-state index in [1.165, 1.54) is 25.0 Å². The third-order valence-corrected chi connectivity index (χ3v) is 3.98. The van der Waals surface area contributed by atoms with Gasteiger partial charge in [-0.05, 0) is 55.8 Å². The molecule has 2 unspecified atom stereocenters. The zero-order valence-electron chi connectivity index (χ0n) is 11.7. The lowest BCUT2D eigenvalue weighted by atomic mass is 9.91. The normalized spacial score (nSPS) is 18.6. The van der Waals surface area contributed by atoms with Gasteiger partial charge in [-0.3, -0.25) is 0 Å². The van der Waals surface area contributed by atoms with Crippen LogP contribution >= 0.6 is 0 Å². The number of halogens is 3. The van der Waals surface area contributed by atoms with Crippen LogP contribution in [0, 0.1) is 11.8 Å². The first-order valence-corrected chi connectivity index (χ1v) is 6.91. The molecule has 1 N–H and O–H groups in total. The molecule has 1 aromatic rings. The summed E-state index contributed by atoms with van der Waals surface area (Å²) in [7, 11) is 1.94. The van der Waals surface area contributed by atoms with E-state index in [0.717, 1.165) is 17.9 Å². The summed E-state index contributed by atoms with van der Waals surface area (Å²) >= 11 is 0. The molecule has 20 heavy (non-hydrogen) atoms. The van der Waals surface area contributed by atoms with Gasteiger partial charge in [-0.15, -0.1) is 13.2 Å². The summed E-state index contributed by atoms with van der Waals surface area (Å²) in [5, 5.41) is 3.31. The molecule has 0 heterocycles. The Morgan fingerprint density at radius 3 is 2.30 bits per heavy atom. The molecule has 0 spiro atoms. The van der Waals surface area contributed by atoms with Crippen LogP contribution in [0.3, 0.4) is 0 Å². The zero-order chi connectivity index (χ0) is 14.8. The highest BCUT2D eigenvalue weighted by molar-refractivity contribution is 5.28. The third kappa shape index (κ3) is 4.40. The molecule has 2 rings (SSSR count). The first-order valence-electron chi connectivity index (χ1n) is 6.91. The Hall–Kier alpha value is -1.23. The van der Waals surface area contributed by atoms with E-state index < -0.39 is 6.36 Å². The summed E-state index contributed by atoms with van der Waals surface area (Å²) in [6, 6.07) is 6.50. The fraction of sp³-hybridized carbons (Fsp3) is 0.600. The van der Waals surface area contributed by atoms with E-state index in [2.05, 4.69) is 17.0 Å². The lowest BCUT2D eigenvalue weighted by Crippen LogP contribution is -2.35. The molecule has 1 aliphatic rings. The molecule has 1 aromatic carbocycles. The predicted octanol–water partition coefficient (Wildman–Crippen LogP) is 3.76. The van der Waals surface area contributed by atoms with Gasteiger partial charge in [0, 0.05) is 6.04 Å². The molecule has 0 aromatic heterocycles. The Bertz CT molecular complexity index is 426. The zero-order valence-corrected chi connectivity index (χ0v) is 11.7. The highest BCUT2D eigenvalue weighted by Crippen LogP contribution is 2.38. The van der Waals surface area contributed by atoms with Crippen molar-refractivity contribution in [1.82, 2.24) is 5.32 Å². The SMILES string of the molecule is CNC(Cc1ccc(OC(F)(F)F)cc1)C(C)C1CC1. The van der Waals surface area contributed by atoms with Crippen molar-refractivity contribution in [1.29, 1.82) is 0 Å². The summed E-state index contributed by atoms with van der Waals surface area (Å²) in [6.07, 6.45) is -1.23. The van der Waals surface area contributed by atoms with Crippen molar-refractivity contribution < 1.29 is 17.9 Å². The van der Waals surface area contributed by atoms with Crippen LogP contribution in [0.2, 0.25) is 0 Å². The molecular weight excluding hydrogens is 267 g/mol. The van der Waals surface area contributed by atoms with Crippen molar-refractivity contribution in [3.63, 3.8) is 0 Å². The van der Waals surface area contributed by atoms with E-state index in [4.69, 9.17) is 0 Å². The van der Waals surface area contributed by atoms with Gasteiger partial charge in [-0.25, -0.2) is 0 Å². The molecule has 1 saturated carbocycles. The molecular formula is C15H20F3NO. The Morgan fingerprint density at radius 2 is 1.85 bits per heavy atom. The van der Waals surface area contributed by atoms with E-state index in [-0.39, 0.29) is 5.75 Å². The number of nitrogens with one attached hydrogen (secondary N) is 1. The quantitative estimate of drug-likeness (QED) is 0.860. The molecule has 2 nitrogen and oxygen atoms in total. The van der Waals surface area contributed by atoms with Crippen molar-refractivity contribution in [3.05, 3.63) is 29.8 Å². The molecule has 1 aliphatic carbocycles. The molecule has 0 saturated heterocycles. The number of alkyl halides is 3. The minimum Gasteiger partial charge on any atom is -0.406 e. The van der Waals surface area contributed by atoms with Crippen molar-refractivity contribution in [2.75, 3.05) is 7.05 Å². The van der Waals surface area contributed by atoms with Crippen LogP contribution in [-0.4, -0.2) is 19.5 Å². The number of benzene rings is 1. The maximum Gasteiger partial charge on any atom is 0.573 e. The summed E-state index contributed by atoms with van der Waals surface area (Å²) in [5.74, 6) is 1.21. The van der Waals surface area contributed by atoms with Gasteiger partial charge in [0.15, 0.2) is 0 Å². The molecule has 112 valence electrons. The van der Waals surface area contributed by atoms with Crippen molar-refractivity contribution in [2.24, 2.45) is 11.8 Å². The summed E-state index contributed by atoms with van der Waals surface area (Å²) in [6.45, 7) is 2.24. The second kappa shape index (κ2) is 6.04. The lowest BCUT2D eigenvalue weighted by molar-refractivity contribution is -0.274. The van der Waals surface area contributed by atoms with Gasteiger partial charge in [0.05, 0.1) is 0 Å². The molecule has 0 radical (unpaired) electrons. The first-order chi connectivity index (χ1) is 9.39. The highest BCUT2D eigenvalue weighted by atomic mass is 19.4. The Labute approximate surface area is 117 Å². The van der Waals surface area contributed by atoms with E-state index >= 15 is 0 Å². The Balaban J connectivity index is 1.95. The second-order valence-electron chi connectivity index (χ2n) is 5.49. The van der Waals surface area contributed by atoms with E-state index in [9.17, 15) is 13.2 Å². The molecule has 2 atom stereocenters. The average Bonchev–Trinajstić information content (AvgIpc) is 3.19. The van der Waals surface area contributed by atoms with Gasteiger partial charge in [0.1, 0.15) is 5.75 Å². The van der Waals surface area contributed by atoms with Gasteiger partial charge in [-0.2, -0.15) is 0 Å². The minimum atomic E-state index is -4.63. The van der Waals surface area contributed by atoms with Crippen molar-refractivity contribution in [3.8, 4) is 5.75 Å². The van der Waals surface area contributed by atoms with E-state index in [0.29, 0.717) is 12.0 Å². The highest BCUT2D eigenvalue weighted by Gasteiger charge is 2.33. The van der Waals surface area contributed by atoms with Gasteiger partial charge in [-0.1, -0.05) is 19.1 Å². The standard InChI is InChI=1S/C15H20F3NO/c1-10(12-5-6-12)14(19-2)9-11-3-7-13(8-4-11)20-15(16,17)18/h3-4,7-8,10,12,14,19H,5-6,9H2,1-2H3. The van der Waals surface area contributed by atoms with E-state index in [1.807, 2.05) is 7.05 Å². The van der Waals surface area contributed by atoms with Crippen LogP contribution in [0.5, 0.6) is 5.75 Å². The van der Waals surface area contributed by atoms with Crippen LogP contribution in [0.1, 0.15) is 25.3 Å². The molecule has 5 heteroatoms. The molecule has 0 bridgehead atoms. The van der Waals surface area contributed by atoms with Crippen LogP contribution in [0.4, 0.5) is 13.2 Å². The van der Waals surface area contributed by atoms with Crippen molar-refractivity contribution >= 4 is 0 Å². The van der Waals surface area contributed by atoms with Crippen LogP contribution in [0.25, 0.3) is 0 Å². The van der Waals surface area contributed by atoms with Crippen LogP contribution in [0.15, 0.2) is 24.3 Å². The van der Waals surface area contributed by atoms with Crippen LogP contribution in [-0.2, 0) is 6.42 Å². The summed E-state index contributed by atoms with van der Waals surface area (Å²) in [4.78, 5) is 0. The number of likely N-dealkylation sites (N-methyl/N-ethyl adjacent to an activating group) is 1. The third-order valence-electron chi connectivity index (χ3n) is 3.98. The maximum atomic E-state index is 12.1. The maximum absolute atomic E-state index is 12.1. The van der Waals surface area contributed by atoms with Gasteiger partial charge < -0.3 is 10.1 Å². The Morgan fingerprint density at radius 1 is 1.25 bits per heavy atom. The monoisotopic (exact) mass is 287 g/mol. The summed E-state index contributed by atoms with van der Waals surface area (Å²) in [5.41, 5.74) is 1.02. The summed E-state index contributed by atoms with van der Waals surface area (Å²) < 4.78 is 40.1. The smallest absolute Gasteiger partial charge is 0.406 e. The number of hydrogen-bond donors (Lipinski definition) is 1. The van der Waals surface area contributed by atoms with Gasteiger partial charge in [0.25, 0.3) is 0 Å². The largest absolute Gasteiger partial charge is 0.573 e. The molecule has 1 fully saturated rings.